The van der Waals surface area contributed by atoms with Crippen LogP contribution in [0.4, 0.5) is 5.82 Å². The molecular weight excluding hydrogens is 227 g/mol. The van der Waals surface area contributed by atoms with Crippen LogP contribution in [0.2, 0.25) is 0 Å². The molecule has 0 radical (unpaired) electrons. The molecule has 5 heteroatoms. The first-order valence-corrected chi connectivity index (χ1v) is 5.42. The summed E-state index contributed by atoms with van der Waals surface area (Å²) in [6, 6.07) is 2.35. The van der Waals surface area contributed by atoms with Crippen molar-refractivity contribution in [3.8, 4) is 0 Å². The standard InChI is InChI=1S/C11H17N4.K/c1-13-11-9(6-7-14-11)10(12)15-8-4-2-3-5-8;/h6-8,14H,2-5H2,1H3,(H2,12,15);/q-1;+1. The number of H-pyrrole nitrogens is 1. The summed E-state index contributed by atoms with van der Waals surface area (Å²) >= 11 is 0. The largest absolute Gasteiger partial charge is 1.00 e. The van der Waals surface area contributed by atoms with Crippen LogP contribution in [0, 0.1) is 0 Å². The zero-order valence-corrected chi connectivity index (χ0v) is 13.2. The SMILES string of the molecule is C[N-]c1[nH]ccc1C(N)=NC1CCCC1.[K+]. The van der Waals surface area contributed by atoms with E-state index in [0.29, 0.717) is 11.9 Å². The van der Waals surface area contributed by atoms with Crippen LogP contribution in [0.15, 0.2) is 17.3 Å². The van der Waals surface area contributed by atoms with Gasteiger partial charge in [-0.2, -0.15) is 0 Å². The third-order valence-electron chi connectivity index (χ3n) is 2.87. The summed E-state index contributed by atoms with van der Waals surface area (Å²) in [7, 11) is 1.75. The molecule has 16 heavy (non-hydrogen) atoms. The van der Waals surface area contributed by atoms with Gasteiger partial charge < -0.3 is 16.0 Å². The van der Waals surface area contributed by atoms with E-state index in [1.807, 2.05) is 12.3 Å². The van der Waals surface area contributed by atoms with E-state index < -0.39 is 0 Å². The summed E-state index contributed by atoms with van der Waals surface area (Å²) < 4.78 is 0. The summed E-state index contributed by atoms with van der Waals surface area (Å²) in [4.78, 5) is 7.58. The summed E-state index contributed by atoms with van der Waals surface area (Å²) in [5, 5.41) is 4.11. The smallest absolute Gasteiger partial charge is 0.468 e. The van der Waals surface area contributed by atoms with E-state index in [2.05, 4.69) is 15.3 Å². The molecule has 1 aromatic rings. The fraction of sp³-hybridized carbons (Fsp3) is 0.545. The van der Waals surface area contributed by atoms with Crippen LogP contribution in [0.3, 0.4) is 0 Å². The molecule has 0 atom stereocenters. The number of nitrogens with zero attached hydrogens (tertiary/aromatic N) is 2. The zero-order valence-electron chi connectivity index (χ0n) is 10.0. The average Bonchev–Trinajstić information content (AvgIpc) is 2.86. The van der Waals surface area contributed by atoms with Gasteiger partial charge in [0.1, 0.15) is 5.84 Å². The number of aromatic amines is 1. The van der Waals surface area contributed by atoms with E-state index >= 15 is 0 Å². The number of aromatic nitrogens is 1. The Labute approximate surface area is 139 Å². The summed E-state index contributed by atoms with van der Waals surface area (Å²) in [5.74, 6) is 1.43. The molecule has 0 aromatic carbocycles. The van der Waals surface area contributed by atoms with Crippen LogP contribution in [0.25, 0.3) is 5.32 Å². The van der Waals surface area contributed by atoms with E-state index in [4.69, 9.17) is 5.73 Å². The van der Waals surface area contributed by atoms with Crippen molar-refractivity contribution in [2.45, 2.75) is 31.7 Å². The summed E-state index contributed by atoms with van der Waals surface area (Å²) in [6.45, 7) is 0. The maximum absolute atomic E-state index is 5.97. The van der Waals surface area contributed by atoms with Gasteiger partial charge in [0.2, 0.25) is 0 Å². The molecular formula is C11H17KN4. The normalized spacial score (nSPS) is 17.2. The molecule has 0 bridgehead atoms. The van der Waals surface area contributed by atoms with Gasteiger partial charge in [-0.1, -0.05) is 38.0 Å². The van der Waals surface area contributed by atoms with Crippen LogP contribution < -0.4 is 57.1 Å². The molecule has 1 fully saturated rings. The van der Waals surface area contributed by atoms with Crippen molar-refractivity contribution in [3.05, 3.63) is 23.1 Å². The minimum Gasteiger partial charge on any atom is -0.468 e. The topological polar surface area (TPSA) is 68.3 Å². The number of amidine groups is 1. The van der Waals surface area contributed by atoms with Gasteiger partial charge in [0, 0.05) is 5.56 Å². The average molecular weight is 244 g/mol. The Morgan fingerprint density at radius 3 is 2.81 bits per heavy atom. The van der Waals surface area contributed by atoms with Crippen molar-refractivity contribution in [1.29, 1.82) is 0 Å². The number of hydrogen-bond donors (Lipinski definition) is 2. The van der Waals surface area contributed by atoms with E-state index in [1.54, 1.807) is 7.05 Å². The number of nitrogens with two attached hydrogens (primary N) is 1. The fourth-order valence-electron chi connectivity index (χ4n) is 2.05. The van der Waals surface area contributed by atoms with Gasteiger partial charge in [0.15, 0.2) is 0 Å². The molecule has 1 aliphatic rings. The van der Waals surface area contributed by atoms with Crippen molar-refractivity contribution in [2.24, 2.45) is 10.7 Å². The van der Waals surface area contributed by atoms with E-state index in [1.165, 1.54) is 25.7 Å². The van der Waals surface area contributed by atoms with Gasteiger partial charge in [-0.3, -0.25) is 4.99 Å². The molecule has 82 valence electrons. The quantitative estimate of drug-likeness (QED) is 0.412. The van der Waals surface area contributed by atoms with Crippen LogP contribution >= 0.6 is 0 Å². The Morgan fingerprint density at radius 1 is 1.50 bits per heavy atom. The first kappa shape index (κ1) is 14.2. The second kappa shape index (κ2) is 6.81. The Hall–Kier alpha value is 0.186. The Balaban J connectivity index is 0.00000128. The van der Waals surface area contributed by atoms with E-state index in [-0.39, 0.29) is 51.4 Å². The predicted molar refractivity (Wildman–Crippen MR) is 62.7 cm³/mol. The number of rotatable bonds is 3. The molecule has 1 saturated carbocycles. The number of nitrogens with one attached hydrogen (secondary N) is 1. The minimum atomic E-state index is 0. The molecule has 0 unspecified atom stereocenters. The van der Waals surface area contributed by atoms with Crippen molar-refractivity contribution in [1.82, 2.24) is 4.98 Å². The van der Waals surface area contributed by atoms with Gasteiger partial charge in [0.05, 0.1) is 6.04 Å². The molecule has 2 rings (SSSR count). The Kier molecular flexibility index (Phi) is 6.06. The van der Waals surface area contributed by atoms with E-state index in [0.717, 1.165) is 11.4 Å². The van der Waals surface area contributed by atoms with Gasteiger partial charge in [0.25, 0.3) is 0 Å². The fourth-order valence-corrected chi connectivity index (χ4v) is 2.05. The van der Waals surface area contributed by atoms with E-state index in [9.17, 15) is 0 Å². The van der Waals surface area contributed by atoms with Crippen molar-refractivity contribution in [3.63, 3.8) is 0 Å². The number of aliphatic imine (C=N–C) groups is 1. The first-order valence-electron chi connectivity index (χ1n) is 5.42. The summed E-state index contributed by atoms with van der Waals surface area (Å²) in [5.41, 5.74) is 6.89. The number of hydrogen-bond acceptors (Lipinski definition) is 1. The Bertz CT molecular complexity index is 353. The van der Waals surface area contributed by atoms with Crippen molar-refractivity contribution >= 4 is 11.7 Å². The van der Waals surface area contributed by atoms with Gasteiger partial charge in [-0.15, -0.1) is 0 Å². The maximum Gasteiger partial charge on any atom is 1.00 e. The molecule has 1 aliphatic carbocycles. The zero-order chi connectivity index (χ0) is 10.7. The van der Waals surface area contributed by atoms with Crippen LogP contribution in [0.5, 0.6) is 0 Å². The van der Waals surface area contributed by atoms with Gasteiger partial charge in [-0.25, -0.2) is 0 Å². The predicted octanol–water partition coefficient (Wildman–Crippen LogP) is -0.698. The molecule has 1 aromatic heterocycles. The second-order valence-corrected chi connectivity index (χ2v) is 3.92. The monoisotopic (exact) mass is 244 g/mol. The molecule has 0 saturated heterocycles. The molecule has 3 N–H and O–H groups in total. The molecule has 0 aliphatic heterocycles. The van der Waals surface area contributed by atoms with Gasteiger partial charge >= 0.3 is 51.4 Å². The third kappa shape index (κ3) is 3.34. The molecule has 0 spiro atoms. The van der Waals surface area contributed by atoms with Crippen LogP contribution in [0.1, 0.15) is 31.2 Å². The van der Waals surface area contributed by atoms with Gasteiger partial charge in [-0.05, 0) is 12.8 Å². The molecule has 4 nitrogen and oxygen atoms in total. The first-order chi connectivity index (χ1) is 7.31. The third-order valence-corrected chi connectivity index (χ3v) is 2.87. The maximum atomic E-state index is 5.97. The minimum absolute atomic E-state index is 0. The van der Waals surface area contributed by atoms with Crippen LogP contribution in [-0.4, -0.2) is 23.9 Å². The summed E-state index contributed by atoms with van der Waals surface area (Å²) in [6.07, 6.45) is 6.74. The van der Waals surface area contributed by atoms with Crippen molar-refractivity contribution in [2.75, 3.05) is 7.05 Å². The second-order valence-electron chi connectivity index (χ2n) is 3.92. The van der Waals surface area contributed by atoms with Crippen LogP contribution in [-0.2, 0) is 0 Å². The molecule has 0 amide bonds. The Morgan fingerprint density at radius 2 is 2.19 bits per heavy atom. The molecule has 1 heterocycles. The van der Waals surface area contributed by atoms with Crippen molar-refractivity contribution < 1.29 is 51.4 Å².